The van der Waals surface area contributed by atoms with Gasteiger partial charge in [0.05, 0.1) is 53.1 Å². The van der Waals surface area contributed by atoms with Crippen LogP contribution < -0.4 is 0 Å². The zero-order valence-electron chi connectivity index (χ0n) is 16.2. The van der Waals surface area contributed by atoms with E-state index in [0.717, 1.165) is 64.9 Å². The van der Waals surface area contributed by atoms with Crippen molar-refractivity contribution in [2.75, 3.05) is 0 Å². The quantitative estimate of drug-likeness (QED) is 0.573. The number of benzene rings is 1. The fourth-order valence-corrected chi connectivity index (χ4v) is 4.43. The predicted molar refractivity (Wildman–Crippen MR) is 107 cm³/mol. The highest BCUT2D eigenvalue weighted by atomic mass is 16.5. The Morgan fingerprint density at radius 2 is 2.10 bits per heavy atom. The maximum atomic E-state index is 10.8. The number of fused-ring (bicyclic) bond motifs is 3. The Balaban J connectivity index is 1.78. The Morgan fingerprint density at radius 1 is 1.24 bits per heavy atom. The van der Waals surface area contributed by atoms with E-state index < -0.39 is 6.10 Å². The molecule has 146 valence electrons. The summed E-state index contributed by atoms with van der Waals surface area (Å²) in [7, 11) is 0. The topological polar surface area (TPSA) is 101 Å². The van der Waals surface area contributed by atoms with Crippen LogP contribution in [0.5, 0.6) is 0 Å². The van der Waals surface area contributed by atoms with Crippen LogP contribution in [0, 0.1) is 18.3 Å². The maximum Gasteiger partial charge on any atom is 0.133 e. The Hall–Kier alpha value is -3.24. The van der Waals surface area contributed by atoms with E-state index >= 15 is 0 Å². The number of hydrogen-bond donors (Lipinski definition) is 1. The number of hydrogen-bond acceptors (Lipinski definition) is 6. The molecule has 2 unspecified atom stereocenters. The lowest BCUT2D eigenvalue weighted by atomic mass is 9.92. The van der Waals surface area contributed by atoms with Gasteiger partial charge in [-0.25, -0.2) is 4.98 Å². The molecule has 0 radical (unpaired) electrons. The molecule has 1 N–H and O–H groups in total. The van der Waals surface area contributed by atoms with Crippen molar-refractivity contribution in [1.29, 1.82) is 5.26 Å². The van der Waals surface area contributed by atoms with E-state index in [9.17, 15) is 10.4 Å². The van der Waals surface area contributed by atoms with Gasteiger partial charge in [0.25, 0.3) is 0 Å². The summed E-state index contributed by atoms with van der Waals surface area (Å²) in [6, 6.07) is 9.56. The van der Waals surface area contributed by atoms with Crippen LogP contribution in [-0.4, -0.2) is 30.9 Å². The molecule has 3 heterocycles. The van der Waals surface area contributed by atoms with Crippen LogP contribution in [0.1, 0.15) is 54.6 Å². The first kappa shape index (κ1) is 17.8. The van der Waals surface area contributed by atoms with Crippen LogP contribution in [0.4, 0.5) is 0 Å². The second-order valence-electron chi connectivity index (χ2n) is 7.76. The number of aryl methyl sites for hydroxylation is 1. The molecule has 5 rings (SSSR count). The van der Waals surface area contributed by atoms with E-state index in [1.807, 2.05) is 25.1 Å². The molecule has 3 aromatic heterocycles. The number of rotatable bonds is 3. The van der Waals surface area contributed by atoms with Gasteiger partial charge in [-0.3, -0.25) is 4.98 Å². The molecule has 0 aliphatic heterocycles. The minimum absolute atomic E-state index is 0.0620. The van der Waals surface area contributed by atoms with Crippen molar-refractivity contribution in [3.05, 3.63) is 53.3 Å². The van der Waals surface area contributed by atoms with Gasteiger partial charge in [-0.05, 0) is 38.0 Å². The van der Waals surface area contributed by atoms with Crippen LogP contribution in [0.15, 0.2) is 35.0 Å². The second-order valence-corrected chi connectivity index (χ2v) is 7.76. The number of nitrogens with zero attached hydrogens (tertiary/aromatic N) is 5. The Labute approximate surface area is 167 Å². The summed E-state index contributed by atoms with van der Waals surface area (Å²) < 4.78 is 7.39. The van der Waals surface area contributed by atoms with Crippen molar-refractivity contribution in [1.82, 2.24) is 19.7 Å². The van der Waals surface area contributed by atoms with Gasteiger partial charge in [0.2, 0.25) is 0 Å². The second kappa shape index (κ2) is 6.98. The number of imidazole rings is 1. The van der Waals surface area contributed by atoms with Crippen LogP contribution >= 0.6 is 0 Å². The first-order chi connectivity index (χ1) is 14.1. The van der Waals surface area contributed by atoms with E-state index in [0.29, 0.717) is 12.0 Å². The highest BCUT2D eigenvalue weighted by Gasteiger charge is 2.29. The van der Waals surface area contributed by atoms with Crippen molar-refractivity contribution >= 4 is 21.9 Å². The number of aromatic nitrogens is 4. The van der Waals surface area contributed by atoms with E-state index in [1.54, 1.807) is 12.3 Å². The highest BCUT2D eigenvalue weighted by Crippen LogP contribution is 2.36. The zero-order valence-corrected chi connectivity index (χ0v) is 16.2. The molecule has 0 saturated heterocycles. The van der Waals surface area contributed by atoms with Crippen LogP contribution in [0.2, 0.25) is 0 Å². The molecule has 1 aromatic carbocycles. The fourth-order valence-electron chi connectivity index (χ4n) is 4.43. The largest absolute Gasteiger partial charge is 0.391 e. The van der Waals surface area contributed by atoms with Crippen LogP contribution in [-0.2, 0) is 6.42 Å². The summed E-state index contributed by atoms with van der Waals surface area (Å²) in [4.78, 5) is 9.39. The van der Waals surface area contributed by atoms with Gasteiger partial charge >= 0.3 is 0 Å². The van der Waals surface area contributed by atoms with E-state index in [4.69, 9.17) is 9.51 Å². The average Bonchev–Trinajstić information content (AvgIpc) is 3.31. The molecule has 1 saturated carbocycles. The average molecular weight is 387 g/mol. The number of pyridine rings is 1. The number of aliphatic hydroxyl groups excluding tert-OH is 1. The Kier molecular flexibility index (Phi) is 4.29. The van der Waals surface area contributed by atoms with Gasteiger partial charge in [-0.2, -0.15) is 5.26 Å². The summed E-state index contributed by atoms with van der Waals surface area (Å²) >= 11 is 0. The molecule has 1 aliphatic carbocycles. The zero-order chi connectivity index (χ0) is 20.0. The smallest absolute Gasteiger partial charge is 0.133 e. The lowest BCUT2D eigenvalue weighted by Crippen LogP contribution is -2.29. The van der Waals surface area contributed by atoms with Crippen molar-refractivity contribution in [2.45, 2.75) is 51.2 Å². The van der Waals surface area contributed by atoms with Crippen molar-refractivity contribution in [3.63, 3.8) is 0 Å². The van der Waals surface area contributed by atoms with Crippen LogP contribution in [0.25, 0.3) is 21.9 Å². The molecule has 0 spiro atoms. The van der Waals surface area contributed by atoms with Crippen molar-refractivity contribution in [2.24, 2.45) is 0 Å². The van der Waals surface area contributed by atoms with Gasteiger partial charge in [0, 0.05) is 11.5 Å². The Morgan fingerprint density at radius 3 is 2.86 bits per heavy atom. The third-order valence-electron chi connectivity index (χ3n) is 5.76. The fraction of sp³-hybridized carbons (Fsp3) is 0.364. The van der Waals surface area contributed by atoms with Gasteiger partial charge in [-0.1, -0.05) is 18.0 Å². The Bertz CT molecular complexity index is 1250. The van der Waals surface area contributed by atoms with E-state index in [2.05, 4.69) is 20.8 Å². The minimum Gasteiger partial charge on any atom is -0.391 e. The van der Waals surface area contributed by atoms with Crippen LogP contribution in [0.3, 0.4) is 0 Å². The molecule has 2 atom stereocenters. The summed E-state index contributed by atoms with van der Waals surface area (Å²) in [5.74, 6) is 1.59. The molecule has 7 nitrogen and oxygen atoms in total. The van der Waals surface area contributed by atoms with E-state index in [-0.39, 0.29) is 6.04 Å². The summed E-state index contributed by atoms with van der Waals surface area (Å²) in [6.07, 6.45) is 5.61. The van der Waals surface area contributed by atoms with Crippen molar-refractivity contribution < 1.29 is 9.63 Å². The molecule has 0 bridgehead atoms. The molecule has 1 aliphatic rings. The molecule has 29 heavy (non-hydrogen) atoms. The molecular weight excluding hydrogens is 366 g/mol. The lowest BCUT2D eigenvalue weighted by molar-refractivity contribution is 0.0762. The molecule has 0 amide bonds. The number of aliphatic hydroxyl groups is 1. The standard InChI is InChI=1S/C22H21N5O2/c1-13-8-15(26-29-13)10-21-25-18-12-24-17-7-6-14(11-23)9-16(17)22(18)27(21)19-4-2-3-5-20(19)28/h6-9,12,19-20,28H,2-5,10H2,1H3. The first-order valence-electron chi connectivity index (χ1n) is 9.94. The summed E-state index contributed by atoms with van der Waals surface area (Å²) in [6.45, 7) is 1.87. The molecule has 4 aromatic rings. The normalized spacial score (nSPS) is 19.6. The maximum absolute atomic E-state index is 10.8. The lowest BCUT2D eigenvalue weighted by Gasteiger charge is -2.30. The van der Waals surface area contributed by atoms with Gasteiger partial charge in [0.15, 0.2) is 0 Å². The highest BCUT2D eigenvalue weighted by molar-refractivity contribution is 6.02. The number of nitriles is 1. The van der Waals surface area contributed by atoms with Gasteiger partial charge in [-0.15, -0.1) is 0 Å². The first-order valence-corrected chi connectivity index (χ1v) is 9.94. The minimum atomic E-state index is -0.429. The summed E-state index contributed by atoms with van der Waals surface area (Å²) in [5, 5.41) is 25.2. The third kappa shape index (κ3) is 3.06. The van der Waals surface area contributed by atoms with Gasteiger partial charge in [0.1, 0.15) is 17.1 Å². The van der Waals surface area contributed by atoms with Gasteiger partial charge < -0.3 is 14.2 Å². The SMILES string of the molecule is Cc1cc(Cc2nc3cnc4ccc(C#N)cc4c3n2C2CCCCC2O)no1. The molecule has 1 fully saturated rings. The predicted octanol–water partition coefficient (Wildman–Crippen LogP) is 3.82. The van der Waals surface area contributed by atoms with Crippen molar-refractivity contribution in [3.8, 4) is 6.07 Å². The third-order valence-corrected chi connectivity index (χ3v) is 5.76. The van der Waals surface area contributed by atoms with E-state index in [1.165, 1.54) is 0 Å². The molecular formula is C22H21N5O2. The summed E-state index contributed by atoms with van der Waals surface area (Å²) in [5.41, 5.74) is 3.89. The molecule has 7 heteroatoms. The monoisotopic (exact) mass is 387 g/mol.